The number of piperidine rings is 1. The van der Waals surface area contributed by atoms with Crippen LogP contribution in [0.25, 0.3) is 0 Å². The van der Waals surface area contributed by atoms with Gasteiger partial charge in [0, 0.05) is 32.7 Å². The molecule has 5 nitrogen and oxygen atoms in total. The number of nitrogens with one attached hydrogen (secondary N) is 2. The molecule has 1 aliphatic rings. The molecule has 0 saturated carbocycles. The van der Waals surface area contributed by atoms with Crippen LogP contribution in [0.15, 0.2) is 29.3 Å². The smallest absolute Gasteiger partial charge is 0.191 e. The minimum Gasteiger partial charge on any atom is -0.491 e. The molecule has 0 amide bonds. The first-order chi connectivity index (χ1) is 12.1. The second kappa shape index (κ2) is 12.4. The molecule has 148 valence electrons. The molecule has 1 heterocycles. The Kier molecular flexibility index (Phi) is 11.0. The van der Waals surface area contributed by atoms with E-state index >= 15 is 0 Å². The lowest BCUT2D eigenvalue weighted by atomic mass is 10.1. The minimum atomic E-state index is 0. The molecule has 1 aliphatic heterocycles. The van der Waals surface area contributed by atoms with E-state index in [2.05, 4.69) is 39.6 Å². The zero-order chi connectivity index (χ0) is 18.1. The van der Waals surface area contributed by atoms with Crippen molar-refractivity contribution in [3.05, 3.63) is 29.8 Å². The lowest BCUT2D eigenvalue weighted by Crippen LogP contribution is -2.48. The monoisotopic (exact) mass is 474 g/mol. The Morgan fingerprint density at radius 3 is 2.65 bits per heavy atom. The maximum Gasteiger partial charge on any atom is 0.191 e. The topological polar surface area (TPSA) is 48.9 Å². The summed E-state index contributed by atoms with van der Waals surface area (Å²) in [6, 6.07) is 8.74. The summed E-state index contributed by atoms with van der Waals surface area (Å²) in [6.07, 6.45) is 3.79. The van der Waals surface area contributed by atoms with Crippen molar-refractivity contribution in [3.8, 4) is 5.75 Å². The summed E-state index contributed by atoms with van der Waals surface area (Å²) < 4.78 is 5.76. The van der Waals surface area contributed by atoms with Crippen LogP contribution in [0, 0.1) is 0 Å². The fourth-order valence-electron chi connectivity index (χ4n) is 3.19. The van der Waals surface area contributed by atoms with Crippen LogP contribution in [0.1, 0.15) is 45.6 Å². The predicted molar refractivity (Wildman–Crippen MR) is 121 cm³/mol. The number of guanidine groups is 1. The average molecular weight is 474 g/mol. The van der Waals surface area contributed by atoms with E-state index in [-0.39, 0.29) is 30.1 Å². The highest BCUT2D eigenvalue weighted by Crippen LogP contribution is 2.15. The third-order valence-corrected chi connectivity index (χ3v) is 4.42. The molecule has 0 radical (unpaired) electrons. The van der Waals surface area contributed by atoms with Crippen molar-refractivity contribution in [2.24, 2.45) is 4.99 Å². The van der Waals surface area contributed by atoms with Gasteiger partial charge in [-0.25, -0.2) is 0 Å². The van der Waals surface area contributed by atoms with Gasteiger partial charge >= 0.3 is 0 Å². The number of ether oxygens (including phenoxy) is 1. The van der Waals surface area contributed by atoms with E-state index < -0.39 is 0 Å². The summed E-state index contributed by atoms with van der Waals surface area (Å²) >= 11 is 0. The van der Waals surface area contributed by atoms with Crippen molar-refractivity contribution >= 4 is 29.9 Å². The molecule has 0 spiro atoms. The first kappa shape index (κ1) is 23.0. The van der Waals surface area contributed by atoms with Crippen LogP contribution in [0.5, 0.6) is 5.75 Å². The third kappa shape index (κ3) is 8.12. The number of nitrogens with zero attached hydrogens (tertiary/aromatic N) is 2. The van der Waals surface area contributed by atoms with Crippen molar-refractivity contribution < 1.29 is 4.74 Å². The van der Waals surface area contributed by atoms with Gasteiger partial charge in [-0.1, -0.05) is 19.1 Å². The highest BCUT2D eigenvalue weighted by molar-refractivity contribution is 14.0. The van der Waals surface area contributed by atoms with Crippen LogP contribution < -0.4 is 15.4 Å². The fraction of sp³-hybridized carbons (Fsp3) is 0.650. The Hall–Kier alpha value is -1.02. The SMILES string of the molecule is CCCN1CCC(NC(=NC)NCc2cccc(OC(C)C)c2)CC1.I. The third-order valence-electron chi connectivity index (χ3n) is 4.42. The largest absolute Gasteiger partial charge is 0.491 e. The predicted octanol–water partition coefficient (Wildman–Crippen LogP) is 3.63. The van der Waals surface area contributed by atoms with Gasteiger partial charge < -0.3 is 20.3 Å². The van der Waals surface area contributed by atoms with Gasteiger partial charge in [0.2, 0.25) is 0 Å². The number of halogens is 1. The molecule has 26 heavy (non-hydrogen) atoms. The van der Waals surface area contributed by atoms with Crippen LogP contribution in [0.2, 0.25) is 0 Å². The van der Waals surface area contributed by atoms with Gasteiger partial charge in [0.1, 0.15) is 5.75 Å². The summed E-state index contributed by atoms with van der Waals surface area (Å²) in [7, 11) is 1.83. The highest BCUT2D eigenvalue weighted by atomic mass is 127. The Labute approximate surface area is 176 Å². The summed E-state index contributed by atoms with van der Waals surface area (Å²) in [5.74, 6) is 1.80. The molecule has 0 atom stereocenters. The average Bonchev–Trinajstić information content (AvgIpc) is 2.60. The molecule has 0 aliphatic carbocycles. The Balaban J connectivity index is 0.00000338. The van der Waals surface area contributed by atoms with Crippen LogP contribution in [-0.4, -0.2) is 49.7 Å². The Morgan fingerprint density at radius 2 is 2.04 bits per heavy atom. The quantitative estimate of drug-likeness (QED) is 0.360. The lowest BCUT2D eigenvalue weighted by Gasteiger charge is -2.32. The summed E-state index contributed by atoms with van der Waals surface area (Å²) in [4.78, 5) is 6.92. The molecule has 6 heteroatoms. The van der Waals surface area contributed by atoms with Crippen molar-refractivity contribution in [2.75, 3.05) is 26.7 Å². The van der Waals surface area contributed by atoms with Crippen LogP contribution in [0.3, 0.4) is 0 Å². The summed E-state index contributed by atoms with van der Waals surface area (Å²) in [5, 5.41) is 6.99. The van der Waals surface area contributed by atoms with Gasteiger partial charge in [-0.3, -0.25) is 4.99 Å². The number of benzene rings is 1. The fourth-order valence-corrected chi connectivity index (χ4v) is 3.19. The minimum absolute atomic E-state index is 0. The molecule has 1 saturated heterocycles. The van der Waals surface area contributed by atoms with Crippen LogP contribution >= 0.6 is 24.0 Å². The molecular weight excluding hydrogens is 439 g/mol. The molecule has 2 rings (SSSR count). The number of hydrogen-bond acceptors (Lipinski definition) is 3. The van der Waals surface area contributed by atoms with Gasteiger partial charge in [0.25, 0.3) is 0 Å². The van der Waals surface area contributed by atoms with E-state index in [1.54, 1.807) is 0 Å². The first-order valence-corrected chi connectivity index (χ1v) is 9.55. The van der Waals surface area contributed by atoms with Gasteiger partial charge in [0.05, 0.1) is 6.10 Å². The van der Waals surface area contributed by atoms with Crippen LogP contribution in [-0.2, 0) is 6.54 Å². The van der Waals surface area contributed by atoms with E-state index in [1.807, 2.05) is 33.0 Å². The highest BCUT2D eigenvalue weighted by Gasteiger charge is 2.19. The summed E-state index contributed by atoms with van der Waals surface area (Å²) in [6.45, 7) is 10.6. The van der Waals surface area contributed by atoms with Gasteiger partial charge in [-0.05, 0) is 57.4 Å². The van der Waals surface area contributed by atoms with Gasteiger partial charge in [-0.15, -0.1) is 24.0 Å². The number of hydrogen-bond donors (Lipinski definition) is 2. The maximum absolute atomic E-state index is 5.76. The molecule has 2 N–H and O–H groups in total. The zero-order valence-electron chi connectivity index (χ0n) is 16.6. The molecule has 1 aromatic carbocycles. The van der Waals surface area contributed by atoms with E-state index in [4.69, 9.17) is 4.74 Å². The lowest BCUT2D eigenvalue weighted by molar-refractivity contribution is 0.206. The molecule has 0 aromatic heterocycles. The molecular formula is C20H35IN4O. The van der Waals surface area contributed by atoms with Crippen molar-refractivity contribution in [2.45, 2.75) is 58.7 Å². The zero-order valence-corrected chi connectivity index (χ0v) is 19.0. The number of likely N-dealkylation sites (tertiary alicyclic amines) is 1. The van der Waals surface area contributed by atoms with Gasteiger partial charge in [0.15, 0.2) is 5.96 Å². The van der Waals surface area contributed by atoms with Gasteiger partial charge in [-0.2, -0.15) is 0 Å². The molecule has 1 aromatic rings. The second-order valence-corrected chi connectivity index (χ2v) is 7.00. The van der Waals surface area contributed by atoms with E-state index in [9.17, 15) is 0 Å². The van der Waals surface area contributed by atoms with E-state index in [0.29, 0.717) is 6.04 Å². The van der Waals surface area contributed by atoms with Crippen molar-refractivity contribution in [3.63, 3.8) is 0 Å². The van der Waals surface area contributed by atoms with Crippen molar-refractivity contribution in [1.29, 1.82) is 0 Å². The summed E-state index contributed by atoms with van der Waals surface area (Å²) in [5.41, 5.74) is 1.19. The first-order valence-electron chi connectivity index (χ1n) is 9.55. The van der Waals surface area contributed by atoms with E-state index in [0.717, 1.165) is 18.3 Å². The number of rotatable bonds is 7. The normalized spacial score (nSPS) is 16.3. The van der Waals surface area contributed by atoms with Crippen LogP contribution in [0.4, 0.5) is 0 Å². The number of aliphatic imine (C=N–C) groups is 1. The Bertz CT molecular complexity index is 542. The molecule has 0 unspecified atom stereocenters. The standard InChI is InChI=1S/C20H34N4O.HI/c1-5-11-24-12-9-18(10-13-24)23-20(21-4)22-15-17-7-6-8-19(14-17)25-16(2)3;/h6-8,14,16,18H,5,9-13,15H2,1-4H3,(H2,21,22,23);1H. The van der Waals surface area contributed by atoms with Crippen molar-refractivity contribution in [1.82, 2.24) is 15.5 Å². The maximum atomic E-state index is 5.76. The van der Waals surface area contributed by atoms with E-state index in [1.165, 1.54) is 44.5 Å². The second-order valence-electron chi connectivity index (χ2n) is 7.00. The molecule has 0 bridgehead atoms. The Morgan fingerprint density at radius 1 is 1.31 bits per heavy atom. The molecule has 1 fully saturated rings.